The molecule has 0 spiro atoms. The van der Waals surface area contributed by atoms with E-state index in [1.807, 2.05) is 0 Å². The van der Waals surface area contributed by atoms with E-state index in [4.69, 9.17) is 10.5 Å². The highest BCUT2D eigenvalue weighted by molar-refractivity contribution is 5.98. The number of carbonyl (C=O) groups is 3. The quantitative estimate of drug-likeness (QED) is 0.315. The second-order valence-corrected chi connectivity index (χ2v) is 6.63. The zero-order chi connectivity index (χ0) is 23.8. The third-order valence-corrected chi connectivity index (χ3v) is 4.54. The molecule has 0 heterocycles. The van der Waals surface area contributed by atoms with Crippen molar-refractivity contribution in [3.05, 3.63) is 79.9 Å². The highest BCUT2D eigenvalue weighted by Crippen LogP contribution is 2.27. The van der Waals surface area contributed by atoms with E-state index >= 15 is 0 Å². The maximum atomic E-state index is 12.7. The van der Waals surface area contributed by atoms with Gasteiger partial charge in [0.05, 0.1) is 22.9 Å². The van der Waals surface area contributed by atoms with Crippen LogP contribution in [0.1, 0.15) is 35.2 Å². The van der Waals surface area contributed by atoms with Gasteiger partial charge < -0.3 is 15.8 Å². The van der Waals surface area contributed by atoms with Crippen molar-refractivity contribution in [2.75, 3.05) is 6.61 Å². The molecule has 2 atom stereocenters. The highest BCUT2D eigenvalue weighted by atomic mass is 16.6. The lowest BCUT2D eigenvalue weighted by Crippen LogP contribution is -2.48. The monoisotopic (exact) mass is 444 g/mol. The van der Waals surface area contributed by atoms with Gasteiger partial charge in [0.2, 0.25) is 5.91 Å². The van der Waals surface area contributed by atoms with E-state index in [2.05, 4.69) is 5.32 Å². The second kappa shape index (κ2) is 10.6. The van der Waals surface area contributed by atoms with Gasteiger partial charge in [-0.05, 0) is 18.6 Å². The first-order chi connectivity index (χ1) is 15.1. The average molecular weight is 444 g/mol. The van der Waals surface area contributed by atoms with E-state index in [-0.39, 0.29) is 30.0 Å². The van der Waals surface area contributed by atoms with Gasteiger partial charge >= 0.3 is 5.97 Å². The number of nitrogens with two attached hydrogens (primary N) is 1. The highest BCUT2D eigenvalue weighted by Gasteiger charge is 2.32. The van der Waals surface area contributed by atoms with Crippen LogP contribution >= 0.6 is 0 Å². The molecule has 0 aliphatic rings. The fourth-order valence-electron chi connectivity index (χ4n) is 3.03. The summed E-state index contributed by atoms with van der Waals surface area (Å²) >= 11 is 0. The molecule has 168 valence electrons. The molecule has 2 amide bonds. The predicted molar refractivity (Wildman–Crippen MR) is 111 cm³/mol. The minimum atomic E-state index is -1.41. The normalized spacial score (nSPS) is 12.3. The zero-order valence-electron chi connectivity index (χ0n) is 16.9. The number of rotatable bonds is 10. The Labute approximate surface area is 181 Å². The van der Waals surface area contributed by atoms with Gasteiger partial charge in [-0.1, -0.05) is 18.2 Å². The molecule has 2 rings (SSSR count). The first kappa shape index (κ1) is 23.9. The van der Waals surface area contributed by atoms with Crippen LogP contribution in [0.2, 0.25) is 0 Å². The number of hydrogen-bond donors (Lipinski definition) is 2. The van der Waals surface area contributed by atoms with Crippen LogP contribution in [-0.2, 0) is 14.3 Å². The SMILES string of the molecule is CCOC(=O)C[C@@H](c1ccc([N+](=O)[O-])cc1)[C@@H](NC(=O)c1cccc([N+](=O)[O-])c1)C(N)=O. The molecule has 2 aromatic carbocycles. The van der Waals surface area contributed by atoms with E-state index in [0.29, 0.717) is 5.56 Å². The maximum absolute atomic E-state index is 12.7. The van der Waals surface area contributed by atoms with Gasteiger partial charge in [-0.25, -0.2) is 0 Å². The molecule has 3 N–H and O–H groups in total. The van der Waals surface area contributed by atoms with Crippen LogP contribution in [0.5, 0.6) is 0 Å². The van der Waals surface area contributed by atoms with Crippen LogP contribution in [0.15, 0.2) is 48.5 Å². The summed E-state index contributed by atoms with van der Waals surface area (Å²) < 4.78 is 4.93. The van der Waals surface area contributed by atoms with E-state index in [9.17, 15) is 34.6 Å². The van der Waals surface area contributed by atoms with Crippen molar-refractivity contribution in [3.8, 4) is 0 Å². The van der Waals surface area contributed by atoms with E-state index < -0.39 is 39.6 Å². The molecular formula is C20H20N4O8. The van der Waals surface area contributed by atoms with Crippen LogP contribution in [0.25, 0.3) is 0 Å². The summed E-state index contributed by atoms with van der Waals surface area (Å²) in [7, 11) is 0. The van der Waals surface area contributed by atoms with Crippen LogP contribution < -0.4 is 11.1 Å². The number of nitro groups is 2. The Bertz CT molecular complexity index is 1040. The minimum Gasteiger partial charge on any atom is -0.466 e. The Kier molecular flexibility index (Phi) is 7.93. The third kappa shape index (κ3) is 6.08. The summed E-state index contributed by atoms with van der Waals surface area (Å²) in [5.74, 6) is -3.48. The Hall–Kier alpha value is -4.35. The predicted octanol–water partition coefficient (Wildman–Crippen LogP) is 1.82. The van der Waals surface area contributed by atoms with Gasteiger partial charge in [-0.2, -0.15) is 0 Å². The lowest BCUT2D eigenvalue weighted by molar-refractivity contribution is -0.385. The standard InChI is InChI=1S/C20H20N4O8/c1-2-32-17(25)11-16(12-6-8-14(9-7-12)23(28)29)18(19(21)26)22-20(27)13-4-3-5-15(10-13)24(30)31/h3-10,16,18H,2,11H2,1H3,(H2,21,26)(H,22,27)/t16-,18+/m0/s1. The van der Waals surface area contributed by atoms with E-state index in [0.717, 1.165) is 6.07 Å². The van der Waals surface area contributed by atoms with Gasteiger partial charge in [0.1, 0.15) is 6.04 Å². The first-order valence-corrected chi connectivity index (χ1v) is 9.38. The largest absolute Gasteiger partial charge is 0.466 e. The molecule has 0 radical (unpaired) electrons. The van der Waals surface area contributed by atoms with Gasteiger partial charge in [-0.15, -0.1) is 0 Å². The molecule has 12 heteroatoms. The molecule has 0 aromatic heterocycles. The average Bonchev–Trinajstić information content (AvgIpc) is 2.76. The van der Waals surface area contributed by atoms with Gasteiger partial charge in [0.15, 0.2) is 0 Å². The number of ether oxygens (including phenoxy) is 1. The molecule has 2 aromatic rings. The topological polar surface area (TPSA) is 185 Å². The summed E-state index contributed by atoms with van der Waals surface area (Å²) in [6, 6.07) is 8.50. The van der Waals surface area contributed by atoms with Gasteiger partial charge in [-0.3, -0.25) is 34.6 Å². The minimum absolute atomic E-state index is 0.0765. The van der Waals surface area contributed by atoms with Crippen LogP contribution in [0.3, 0.4) is 0 Å². The number of esters is 1. The molecule has 0 saturated carbocycles. The molecule has 32 heavy (non-hydrogen) atoms. The molecule has 0 fully saturated rings. The zero-order valence-corrected chi connectivity index (χ0v) is 16.9. The third-order valence-electron chi connectivity index (χ3n) is 4.54. The van der Waals surface area contributed by atoms with Crippen LogP contribution in [-0.4, -0.2) is 40.3 Å². The lowest BCUT2D eigenvalue weighted by Gasteiger charge is -2.25. The summed E-state index contributed by atoms with van der Waals surface area (Å²) in [6.07, 6.45) is -0.353. The molecule has 0 aliphatic carbocycles. The van der Waals surface area contributed by atoms with Crippen molar-refractivity contribution in [1.82, 2.24) is 5.32 Å². The number of carbonyl (C=O) groups excluding carboxylic acids is 3. The van der Waals surface area contributed by atoms with Crippen molar-refractivity contribution < 1.29 is 29.0 Å². The molecule has 0 bridgehead atoms. The fourth-order valence-corrected chi connectivity index (χ4v) is 3.03. The van der Waals surface area contributed by atoms with Crippen molar-refractivity contribution in [1.29, 1.82) is 0 Å². The van der Waals surface area contributed by atoms with Gasteiger partial charge in [0.25, 0.3) is 17.3 Å². The Balaban J connectivity index is 2.39. The van der Waals surface area contributed by atoms with Crippen molar-refractivity contribution in [3.63, 3.8) is 0 Å². The number of hydrogen-bond acceptors (Lipinski definition) is 8. The second-order valence-electron chi connectivity index (χ2n) is 6.63. The summed E-state index contributed by atoms with van der Waals surface area (Å²) in [5.41, 5.74) is 5.18. The molecule has 0 saturated heterocycles. The van der Waals surface area contributed by atoms with E-state index in [1.165, 1.54) is 42.5 Å². The van der Waals surface area contributed by atoms with Crippen molar-refractivity contribution >= 4 is 29.2 Å². The maximum Gasteiger partial charge on any atom is 0.306 e. The summed E-state index contributed by atoms with van der Waals surface area (Å²) in [6.45, 7) is 1.67. The molecule has 12 nitrogen and oxygen atoms in total. The molecular weight excluding hydrogens is 424 g/mol. The smallest absolute Gasteiger partial charge is 0.306 e. The summed E-state index contributed by atoms with van der Waals surface area (Å²) in [5, 5.41) is 24.3. The Morgan fingerprint density at radius 2 is 1.66 bits per heavy atom. The Morgan fingerprint density at radius 1 is 1.03 bits per heavy atom. The van der Waals surface area contributed by atoms with Crippen LogP contribution in [0.4, 0.5) is 11.4 Å². The lowest BCUT2D eigenvalue weighted by atomic mass is 9.87. The summed E-state index contributed by atoms with van der Waals surface area (Å²) in [4.78, 5) is 57.6. The number of benzene rings is 2. The number of primary amides is 1. The molecule has 0 unspecified atom stereocenters. The first-order valence-electron chi connectivity index (χ1n) is 9.38. The number of nitrogens with zero attached hydrogens (tertiary/aromatic N) is 2. The van der Waals surface area contributed by atoms with Crippen LogP contribution in [0, 0.1) is 20.2 Å². The number of nitrogens with one attached hydrogen (secondary N) is 1. The molecule has 0 aliphatic heterocycles. The van der Waals surface area contributed by atoms with Gasteiger partial charge in [0, 0.05) is 35.7 Å². The van der Waals surface area contributed by atoms with E-state index in [1.54, 1.807) is 6.92 Å². The Morgan fingerprint density at radius 3 is 2.19 bits per heavy atom. The fraction of sp³-hybridized carbons (Fsp3) is 0.250. The number of nitro benzene ring substituents is 2. The number of non-ortho nitro benzene ring substituents is 2. The van der Waals surface area contributed by atoms with Crippen molar-refractivity contribution in [2.45, 2.75) is 25.3 Å². The number of amides is 2. The van der Waals surface area contributed by atoms with Crippen molar-refractivity contribution in [2.24, 2.45) is 5.73 Å².